The van der Waals surface area contributed by atoms with Crippen LogP contribution < -0.4 is 10.6 Å². The molecule has 190 valence electrons. The molecule has 0 spiro atoms. The Balaban J connectivity index is 1.15. The molecule has 4 aliphatic carbocycles. The molecule has 10 heteroatoms. The third-order valence-corrected chi connectivity index (χ3v) is 8.89. The van der Waals surface area contributed by atoms with E-state index in [-0.39, 0.29) is 17.8 Å². The molecule has 0 radical (unpaired) electrons. The highest BCUT2D eigenvalue weighted by Crippen LogP contribution is 2.56. The number of aliphatic hydroxyl groups is 1. The number of nitrogens with zero attached hydrogens (tertiary/aromatic N) is 3. The molecule has 5 fully saturated rings. The van der Waals surface area contributed by atoms with Crippen LogP contribution >= 0.6 is 0 Å². The highest BCUT2D eigenvalue weighted by Gasteiger charge is 2.54. The number of anilines is 1. The van der Waals surface area contributed by atoms with Crippen LogP contribution in [0.15, 0.2) is 23.0 Å². The van der Waals surface area contributed by atoms with Gasteiger partial charge in [0.15, 0.2) is 0 Å². The monoisotopic (exact) mass is 492 g/mol. The molecule has 4 bridgehead atoms. The van der Waals surface area contributed by atoms with Crippen molar-refractivity contribution in [3.05, 3.63) is 24.4 Å². The summed E-state index contributed by atoms with van der Waals surface area (Å²) in [7, 11) is 0. The van der Waals surface area contributed by atoms with Crippen molar-refractivity contribution in [3.8, 4) is 11.4 Å². The summed E-state index contributed by atoms with van der Waals surface area (Å²) >= 11 is 0. The molecule has 3 unspecified atom stereocenters. The highest BCUT2D eigenvalue weighted by atomic mass is 16.5. The Bertz CT molecular complexity index is 1260. The van der Waals surface area contributed by atoms with Crippen molar-refractivity contribution >= 4 is 22.6 Å². The highest BCUT2D eigenvalue weighted by molar-refractivity contribution is 5.97. The number of nitrogens with one attached hydrogen (secondary N) is 3. The van der Waals surface area contributed by atoms with E-state index in [0.717, 1.165) is 74.9 Å². The number of fused-ring (bicyclic) bond motifs is 1. The summed E-state index contributed by atoms with van der Waals surface area (Å²) in [6, 6.07) is 2.27. The first-order chi connectivity index (χ1) is 17.5. The van der Waals surface area contributed by atoms with Crippen molar-refractivity contribution in [2.75, 3.05) is 25.1 Å². The molecule has 0 aromatic carbocycles. The Labute approximate surface area is 208 Å². The molecule has 4 saturated carbocycles. The zero-order valence-corrected chi connectivity index (χ0v) is 20.2. The Hall–Kier alpha value is -2.98. The molecular weight excluding hydrogens is 460 g/mol. The Morgan fingerprint density at radius 3 is 2.78 bits per heavy atom. The predicted octanol–water partition coefficient (Wildman–Crippen LogP) is 3.12. The summed E-state index contributed by atoms with van der Waals surface area (Å²) < 4.78 is 10.8. The van der Waals surface area contributed by atoms with E-state index in [1.807, 2.05) is 12.3 Å². The van der Waals surface area contributed by atoms with Crippen LogP contribution in [-0.4, -0.2) is 62.5 Å². The van der Waals surface area contributed by atoms with Gasteiger partial charge in [-0.1, -0.05) is 5.16 Å². The van der Waals surface area contributed by atoms with Gasteiger partial charge in [0.05, 0.1) is 16.9 Å². The fourth-order valence-corrected chi connectivity index (χ4v) is 7.40. The Kier molecular flexibility index (Phi) is 5.28. The average Bonchev–Trinajstić information content (AvgIpc) is 3.54. The Morgan fingerprint density at radius 1 is 1.19 bits per heavy atom. The molecule has 1 saturated heterocycles. The first-order valence-electron chi connectivity index (χ1n) is 13.2. The zero-order valence-electron chi connectivity index (χ0n) is 20.2. The lowest BCUT2D eigenvalue weighted by Crippen LogP contribution is -2.59. The SMILES string of the molecule is O=C(NCC1CCOCC1)c1nc(-c2cnc3[nH]ccc3c2NC2[C@@H]3CC4C[C@H]2CC(O)(C4)C3)no1. The van der Waals surface area contributed by atoms with E-state index in [0.29, 0.717) is 41.6 Å². The summed E-state index contributed by atoms with van der Waals surface area (Å²) in [5, 5.41) is 22.9. The molecule has 1 amide bonds. The van der Waals surface area contributed by atoms with E-state index in [1.165, 1.54) is 0 Å². The number of H-pyrrole nitrogens is 1. The summed E-state index contributed by atoms with van der Waals surface area (Å²) in [5.41, 5.74) is 1.91. The number of aromatic amines is 1. The van der Waals surface area contributed by atoms with Crippen molar-refractivity contribution in [2.24, 2.45) is 23.7 Å². The van der Waals surface area contributed by atoms with Crippen molar-refractivity contribution in [2.45, 2.75) is 56.6 Å². The van der Waals surface area contributed by atoms with Gasteiger partial charge in [-0.25, -0.2) is 4.98 Å². The van der Waals surface area contributed by atoms with Crippen LogP contribution in [0.1, 0.15) is 55.6 Å². The van der Waals surface area contributed by atoms with Gasteiger partial charge in [-0.2, -0.15) is 4.98 Å². The summed E-state index contributed by atoms with van der Waals surface area (Å²) in [4.78, 5) is 24.9. The van der Waals surface area contributed by atoms with Gasteiger partial charge in [-0.15, -0.1) is 0 Å². The van der Waals surface area contributed by atoms with Gasteiger partial charge in [-0.3, -0.25) is 4.79 Å². The molecule has 36 heavy (non-hydrogen) atoms. The molecule has 1 aliphatic heterocycles. The van der Waals surface area contributed by atoms with Crippen LogP contribution in [-0.2, 0) is 4.74 Å². The van der Waals surface area contributed by atoms with E-state index in [9.17, 15) is 9.90 Å². The number of aromatic nitrogens is 4. The lowest BCUT2D eigenvalue weighted by molar-refractivity contribution is -0.129. The minimum absolute atomic E-state index is 0.0472. The van der Waals surface area contributed by atoms with Crippen LogP contribution in [0.25, 0.3) is 22.4 Å². The number of pyridine rings is 1. The number of carbonyl (C=O) groups excluding carboxylic acids is 1. The van der Waals surface area contributed by atoms with Gasteiger partial charge in [-0.05, 0) is 74.7 Å². The summed E-state index contributed by atoms with van der Waals surface area (Å²) in [5.74, 6) is 1.84. The van der Waals surface area contributed by atoms with Gasteiger partial charge in [0, 0.05) is 43.6 Å². The molecule has 10 nitrogen and oxygen atoms in total. The van der Waals surface area contributed by atoms with E-state index in [4.69, 9.17) is 9.26 Å². The minimum Gasteiger partial charge on any atom is -0.390 e. The van der Waals surface area contributed by atoms with Crippen LogP contribution in [0.5, 0.6) is 0 Å². The maximum atomic E-state index is 12.7. The standard InChI is InChI=1S/C26H32N6O4/c33-24(29-12-14-2-5-35-6-3-14)25-31-23(32-36-25)19-13-28-22-18(1-4-27-22)21(19)30-20-16-7-15-8-17(20)11-26(34,9-15)10-16/h1,4,13-17,20,34H,2-3,5-12H2,(H,29,33)(H2,27,28,30)/t15?,16-,17+,20?,26?. The fourth-order valence-electron chi connectivity index (χ4n) is 7.40. The number of ether oxygens (including phenoxy) is 1. The lowest BCUT2D eigenvalue weighted by atomic mass is 9.52. The molecule has 5 atom stereocenters. The minimum atomic E-state index is -0.486. The summed E-state index contributed by atoms with van der Waals surface area (Å²) in [6.45, 7) is 2.04. The van der Waals surface area contributed by atoms with Crippen molar-refractivity contribution in [3.63, 3.8) is 0 Å². The lowest BCUT2D eigenvalue weighted by Gasteiger charge is -2.58. The quantitative estimate of drug-likeness (QED) is 0.412. The second-order valence-electron chi connectivity index (χ2n) is 11.3. The second kappa shape index (κ2) is 8.55. The van der Waals surface area contributed by atoms with Gasteiger partial charge >= 0.3 is 11.8 Å². The van der Waals surface area contributed by atoms with Crippen molar-refractivity contribution in [1.29, 1.82) is 0 Å². The first-order valence-corrected chi connectivity index (χ1v) is 13.2. The Morgan fingerprint density at radius 2 is 2.00 bits per heavy atom. The van der Waals surface area contributed by atoms with Gasteiger partial charge in [0.25, 0.3) is 0 Å². The zero-order chi connectivity index (χ0) is 24.3. The molecule has 5 aliphatic rings. The maximum absolute atomic E-state index is 12.7. The summed E-state index contributed by atoms with van der Waals surface area (Å²) in [6.07, 6.45) is 10.5. The van der Waals surface area contributed by atoms with Crippen LogP contribution in [0.3, 0.4) is 0 Å². The number of hydrogen-bond acceptors (Lipinski definition) is 8. The van der Waals surface area contributed by atoms with Crippen LogP contribution in [0.2, 0.25) is 0 Å². The first kappa shape index (κ1) is 22.2. The molecule has 3 aromatic heterocycles. The van der Waals surface area contributed by atoms with Crippen molar-refractivity contribution < 1.29 is 19.2 Å². The smallest absolute Gasteiger partial charge is 0.316 e. The van der Waals surface area contributed by atoms with Gasteiger partial charge in [0.2, 0.25) is 5.82 Å². The molecule has 8 rings (SSSR count). The fraction of sp³-hybridized carbons (Fsp3) is 0.615. The maximum Gasteiger partial charge on any atom is 0.316 e. The molecule has 4 heterocycles. The van der Waals surface area contributed by atoms with E-state index in [2.05, 4.69) is 30.7 Å². The van der Waals surface area contributed by atoms with Crippen molar-refractivity contribution in [1.82, 2.24) is 25.4 Å². The number of carbonyl (C=O) groups is 1. The second-order valence-corrected chi connectivity index (χ2v) is 11.3. The molecule has 3 aromatic rings. The number of rotatable bonds is 6. The molecule has 4 N–H and O–H groups in total. The van der Waals surface area contributed by atoms with Gasteiger partial charge in [0.1, 0.15) is 5.65 Å². The number of amides is 1. The van der Waals surface area contributed by atoms with Gasteiger partial charge < -0.3 is 30.0 Å². The molecular formula is C26H32N6O4. The van der Waals surface area contributed by atoms with Crippen LogP contribution in [0, 0.1) is 23.7 Å². The third kappa shape index (κ3) is 3.87. The number of hydrogen-bond donors (Lipinski definition) is 4. The van der Waals surface area contributed by atoms with E-state index < -0.39 is 5.60 Å². The largest absolute Gasteiger partial charge is 0.390 e. The average molecular weight is 493 g/mol. The normalized spacial score (nSPS) is 31.7. The third-order valence-electron chi connectivity index (χ3n) is 8.89. The topological polar surface area (TPSA) is 138 Å². The van der Waals surface area contributed by atoms with Crippen LogP contribution in [0.4, 0.5) is 5.69 Å². The predicted molar refractivity (Wildman–Crippen MR) is 131 cm³/mol. The van der Waals surface area contributed by atoms with E-state index >= 15 is 0 Å². The van der Waals surface area contributed by atoms with E-state index in [1.54, 1.807) is 6.20 Å².